The molecule has 1 aromatic carbocycles. The molecule has 1 fully saturated rings. The van der Waals surface area contributed by atoms with Crippen molar-refractivity contribution in [1.82, 2.24) is 4.90 Å². The Bertz CT molecular complexity index is 436. The summed E-state index contributed by atoms with van der Waals surface area (Å²) in [7, 11) is 1.71. The molecule has 0 aliphatic carbocycles. The molecule has 4 heteroatoms. The van der Waals surface area contributed by atoms with Crippen molar-refractivity contribution < 1.29 is 4.74 Å². The van der Waals surface area contributed by atoms with Crippen LogP contribution in [-0.4, -0.2) is 31.6 Å². The molecule has 1 heterocycles. The van der Waals surface area contributed by atoms with Crippen LogP contribution in [0.5, 0.6) is 5.75 Å². The van der Waals surface area contributed by atoms with Gasteiger partial charge in [-0.2, -0.15) is 0 Å². The van der Waals surface area contributed by atoms with Crippen LogP contribution < -0.4 is 10.5 Å². The summed E-state index contributed by atoms with van der Waals surface area (Å²) in [6, 6.07) is 6.16. The maximum absolute atomic E-state index is 6.48. The number of rotatable bonds is 5. The molecule has 0 radical (unpaired) electrons. The van der Waals surface area contributed by atoms with Crippen LogP contribution in [0.4, 0.5) is 0 Å². The number of hydrogen-bond donors (Lipinski definition) is 1. The molecule has 0 amide bonds. The summed E-state index contributed by atoms with van der Waals surface area (Å²) in [5.41, 5.74) is 7.13. The smallest absolute Gasteiger partial charge is 0.125 e. The number of nitrogens with two attached hydrogens (primary N) is 1. The van der Waals surface area contributed by atoms with Crippen LogP contribution in [0.15, 0.2) is 18.2 Å². The minimum atomic E-state index is 0.275. The Hall–Kier alpha value is -0.770. The molecule has 0 spiro atoms. The first-order valence-corrected chi connectivity index (χ1v) is 7.87. The Labute approximate surface area is 127 Å². The number of methoxy groups -OCH3 is 1. The van der Waals surface area contributed by atoms with Crippen LogP contribution in [0.3, 0.4) is 0 Å². The second-order valence-corrected chi connectivity index (χ2v) is 5.88. The molecule has 2 N–H and O–H groups in total. The predicted molar refractivity (Wildman–Crippen MR) is 84.4 cm³/mol. The molecule has 20 heavy (non-hydrogen) atoms. The number of nitrogens with zero attached hydrogens (tertiary/aromatic N) is 1. The summed E-state index contributed by atoms with van der Waals surface area (Å²) in [6.07, 6.45) is 3.52. The predicted octanol–water partition coefficient (Wildman–Crippen LogP) is 3.47. The molecule has 0 bridgehead atoms. The normalized spacial score (nSPS) is 23.8. The fourth-order valence-corrected chi connectivity index (χ4v) is 3.61. The first kappa shape index (κ1) is 15.6. The molecule has 1 saturated heterocycles. The van der Waals surface area contributed by atoms with Gasteiger partial charge < -0.3 is 10.5 Å². The maximum atomic E-state index is 6.48. The molecular formula is C16H25ClN2O. The molecule has 3 nitrogen and oxygen atoms in total. The van der Waals surface area contributed by atoms with E-state index in [1.54, 1.807) is 7.11 Å². The summed E-state index contributed by atoms with van der Waals surface area (Å²) in [5, 5.41) is 0.788. The SMILES string of the molecule is CCCN1CCCC(CN)C1c1c(Cl)cccc1OC. The van der Waals surface area contributed by atoms with E-state index in [2.05, 4.69) is 11.8 Å². The van der Waals surface area contributed by atoms with Gasteiger partial charge in [-0.1, -0.05) is 24.6 Å². The quantitative estimate of drug-likeness (QED) is 0.904. The van der Waals surface area contributed by atoms with Gasteiger partial charge in [0.2, 0.25) is 0 Å². The van der Waals surface area contributed by atoms with E-state index in [0.717, 1.165) is 42.3 Å². The minimum absolute atomic E-state index is 0.275. The maximum Gasteiger partial charge on any atom is 0.125 e. The topological polar surface area (TPSA) is 38.5 Å². The average molecular weight is 297 g/mol. The Kier molecular flexibility index (Phi) is 5.70. The van der Waals surface area contributed by atoms with Crippen LogP contribution in [0, 0.1) is 5.92 Å². The van der Waals surface area contributed by atoms with E-state index in [9.17, 15) is 0 Å². The third kappa shape index (κ3) is 3.11. The van der Waals surface area contributed by atoms with Gasteiger partial charge in [-0.3, -0.25) is 4.90 Å². The third-order valence-corrected chi connectivity index (χ3v) is 4.53. The summed E-state index contributed by atoms with van der Waals surface area (Å²) in [5.74, 6) is 1.33. The van der Waals surface area contributed by atoms with Crippen molar-refractivity contribution in [3.05, 3.63) is 28.8 Å². The Balaban J connectivity index is 2.43. The van der Waals surface area contributed by atoms with Gasteiger partial charge in [-0.05, 0) is 56.9 Å². The summed E-state index contributed by atoms with van der Waals surface area (Å²) in [4.78, 5) is 2.52. The second kappa shape index (κ2) is 7.30. The zero-order valence-electron chi connectivity index (χ0n) is 12.4. The second-order valence-electron chi connectivity index (χ2n) is 5.47. The minimum Gasteiger partial charge on any atom is -0.496 e. The van der Waals surface area contributed by atoms with Crippen LogP contribution >= 0.6 is 11.6 Å². The lowest BCUT2D eigenvalue weighted by Crippen LogP contribution is -2.42. The summed E-state index contributed by atoms with van der Waals surface area (Å²) >= 11 is 6.48. The fraction of sp³-hybridized carbons (Fsp3) is 0.625. The number of hydrogen-bond acceptors (Lipinski definition) is 3. The van der Waals surface area contributed by atoms with Crippen LogP contribution in [-0.2, 0) is 0 Å². The standard InChI is InChI=1S/C16H25ClN2O/c1-3-9-19-10-5-6-12(11-18)16(19)15-13(17)7-4-8-14(15)20-2/h4,7-8,12,16H,3,5-6,9-11,18H2,1-2H3. The summed E-state index contributed by atoms with van der Waals surface area (Å²) < 4.78 is 5.55. The Morgan fingerprint density at radius 2 is 2.25 bits per heavy atom. The zero-order valence-corrected chi connectivity index (χ0v) is 13.2. The van der Waals surface area contributed by atoms with E-state index in [4.69, 9.17) is 22.1 Å². The monoisotopic (exact) mass is 296 g/mol. The lowest BCUT2D eigenvalue weighted by molar-refractivity contribution is 0.0940. The molecule has 0 aromatic heterocycles. The van der Waals surface area contributed by atoms with Gasteiger partial charge in [0.15, 0.2) is 0 Å². The van der Waals surface area contributed by atoms with E-state index in [1.165, 1.54) is 6.42 Å². The number of benzene rings is 1. The van der Waals surface area contributed by atoms with E-state index in [0.29, 0.717) is 12.5 Å². The molecule has 112 valence electrons. The lowest BCUT2D eigenvalue weighted by Gasteiger charge is -2.42. The molecule has 1 aliphatic rings. The molecular weight excluding hydrogens is 272 g/mol. The average Bonchev–Trinajstić information content (AvgIpc) is 2.47. The Morgan fingerprint density at radius 1 is 1.45 bits per heavy atom. The first-order valence-electron chi connectivity index (χ1n) is 7.49. The van der Waals surface area contributed by atoms with E-state index in [-0.39, 0.29) is 6.04 Å². The highest BCUT2D eigenvalue weighted by Gasteiger charge is 2.34. The van der Waals surface area contributed by atoms with E-state index in [1.807, 2.05) is 18.2 Å². The van der Waals surface area contributed by atoms with Crippen molar-refractivity contribution in [1.29, 1.82) is 0 Å². The molecule has 1 aromatic rings. The highest BCUT2D eigenvalue weighted by molar-refractivity contribution is 6.31. The Morgan fingerprint density at radius 3 is 2.90 bits per heavy atom. The largest absolute Gasteiger partial charge is 0.496 e. The van der Waals surface area contributed by atoms with E-state index >= 15 is 0 Å². The van der Waals surface area contributed by atoms with Gasteiger partial charge in [-0.25, -0.2) is 0 Å². The van der Waals surface area contributed by atoms with Gasteiger partial charge in [0.1, 0.15) is 5.75 Å². The van der Waals surface area contributed by atoms with Crippen molar-refractivity contribution >= 4 is 11.6 Å². The van der Waals surface area contributed by atoms with Crippen molar-refractivity contribution in [3.8, 4) is 5.75 Å². The zero-order chi connectivity index (χ0) is 14.5. The number of likely N-dealkylation sites (tertiary alicyclic amines) is 1. The van der Waals surface area contributed by atoms with E-state index < -0.39 is 0 Å². The van der Waals surface area contributed by atoms with Crippen molar-refractivity contribution in [2.75, 3.05) is 26.7 Å². The van der Waals surface area contributed by atoms with Crippen molar-refractivity contribution in [3.63, 3.8) is 0 Å². The fourth-order valence-electron chi connectivity index (χ4n) is 3.34. The van der Waals surface area contributed by atoms with Gasteiger partial charge in [0.05, 0.1) is 7.11 Å². The van der Waals surface area contributed by atoms with Gasteiger partial charge in [0.25, 0.3) is 0 Å². The molecule has 1 aliphatic heterocycles. The summed E-state index contributed by atoms with van der Waals surface area (Å²) in [6.45, 7) is 5.10. The van der Waals surface area contributed by atoms with Crippen LogP contribution in [0.1, 0.15) is 37.8 Å². The molecule has 2 unspecified atom stereocenters. The van der Waals surface area contributed by atoms with Crippen LogP contribution in [0.25, 0.3) is 0 Å². The third-order valence-electron chi connectivity index (χ3n) is 4.20. The van der Waals surface area contributed by atoms with Crippen molar-refractivity contribution in [2.24, 2.45) is 11.7 Å². The number of ether oxygens (including phenoxy) is 1. The first-order chi connectivity index (χ1) is 9.72. The molecule has 2 atom stereocenters. The van der Waals surface area contributed by atoms with Gasteiger partial charge in [-0.15, -0.1) is 0 Å². The number of piperidine rings is 1. The highest BCUT2D eigenvalue weighted by atomic mass is 35.5. The molecule has 0 saturated carbocycles. The van der Waals surface area contributed by atoms with Gasteiger partial charge >= 0.3 is 0 Å². The van der Waals surface area contributed by atoms with Crippen molar-refractivity contribution in [2.45, 2.75) is 32.2 Å². The van der Waals surface area contributed by atoms with Crippen LogP contribution in [0.2, 0.25) is 5.02 Å². The highest BCUT2D eigenvalue weighted by Crippen LogP contribution is 2.43. The van der Waals surface area contributed by atoms with Gasteiger partial charge in [0, 0.05) is 16.6 Å². The number of halogens is 1. The molecule has 2 rings (SSSR count). The lowest BCUT2D eigenvalue weighted by atomic mass is 9.84.